The molecule has 3 rings (SSSR count). The molecule has 0 atom stereocenters. The highest BCUT2D eigenvalue weighted by Gasteiger charge is 2.26. The van der Waals surface area contributed by atoms with Gasteiger partial charge in [0.05, 0.1) is 7.11 Å². The van der Waals surface area contributed by atoms with Crippen LogP contribution in [-0.4, -0.2) is 19.6 Å². The van der Waals surface area contributed by atoms with Crippen LogP contribution in [0.3, 0.4) is 0 Å². The van der Waals surface area contributed by atoms with Gasteiger partial charge in [0, 0.05) is 17.8 Å². The van der Waals surface area contributed by atoms with Crippen LogP contribution in [-0.2, 0) is 6.42 Å². The Morgan fingerprint density at radius 2 is 2.00 bits per heavy atom. The highest BCUT2D eigenvalue weighted by molar-refractivity contribution is 6.08. The summed E-state index contributed by atoms with van der Waals surface area (Å²) < 4.78 is 18.9. The van der Waals surface area contributed by atoms with Gasteiger partial charge in [-0.05, 0) is 54.8 Å². The third-order valence-electron chi connectivity index (χ3n) is 3.86. The molecule has 0 N–H and O–H groups in total. The largest absolute Gasteiger partial charge is 0.497 e. The van der Waals surface area contributed by atoms with E-state index in [-0.39, 0.29) is 11.7 Å². The fourth-order valence-electron chi connectivity index (χ4n) is 2.59. The van der Waals surface area contributed by atoms with Gasteiger partial charge in [-0.2, -0.15) is 0 Å². The number of hydrogen-bond acceptors (Lipinski definition) is 2. The number of carbonyl (C=O) groups is 1. The van der Waals surface area contributed by atoms with Crippen molar-refractivity contribution in [1.82, 2.24) is 0 Å². The molecular formula is C17H16FNO2. The van der Waals surface area contributed by atoms with E-state index in [0.717, 1.165) is 17.7 Å². The summed E-state index contributed by atoms with van der Waals surface area (Å²) in [4.78, 5) is 14.2. The molecule has 1 heterocycles. The van der Waals surface area contributed by atoms with Crippen molar-refractivity contribution in [1.29, 1.82) is 0 Å². The zero-order valence-corrected chi connectivity index (χ0v) is 12.0. The van der Waals surface area contributed by atoms with Crippen LogP contribution in [0.2, 0.25) is 0 Å². The van der Waals surface area contributed by atoms with Crippen LogP contribution in [0.4, 0.5) is 10.1 Å². The lowest BCUT2D eigenvalue weighted by molar-refractivity contribution is 0.0980. The van der Waals surface area contributed by atoms with Gasteiger partial charge in [0.2, 0.25) is 0 Å². The third-order valence-corrected chi connectivity index (χ3v) is 3.86. The number of anilines is 1. The van der Waals surface area contributed by atoms with E-state index in [0.29, 0.717) is 23.4 Å². The lowest BCUT2D eigenvalue weighted by atomic mass is 9.98. The maximum atomic E-state index is 13.7. The van der Waals surface area contributed by atoms with Crippen molar-refractivity contribution in [2.24, 2.45) is 0 Å². The second-order valence-electron chi connectivity index (χ2n) is 5.16. The monoisotopic (exact) mass is 285 g/mol. The van der Waals surface area contributed by atoms with E-state index in [1.165, 1.54) is 6.07 Å². The minimum Gasteiger partial charge on any atom is -0.497 e. The Kier molecular flexibility index (Phi) is 3.37. The van der Waals surface area contributed by atoms with Gasteiger partial charge in [-0.15, -0.1) is 0 Å². The van der Waals surface area contributed by atoms with Gasteiger partial charge < -0.3 is 9.64 Å². The van der Waals surface area contributed by atoms with Crippen LogP contribution in [0, 0.1) is 12.7 Å². The summed E-state index contributed by atoms with van der Waals surface area (Å²) in [7, 11) is 1.60. The summed E-state index contributed by atoms with van der Waals surface area (Å²) in [6.07, 6.45) is 0.730. The average molecular weight is 285 g/mol. The summed E-state index contributed by atoms with van der Waals surface area (Å²) in [5.74, 6) is 0.361. The molecule has 1 aliphatic rings. The summed E-state index contributed by atoms with van der Waals surface area (Å²) in [5.41, 5.74) is 2.81. The van der Waals surface area contributed by atoms with E-state index in [2.05, 4.69) is 0 Å². The molecule has 0 aliphatic carbocycles. The van der Waals surface area contributed by atoms with Crippen molar-refractivity contribution >= 4 is 11.6 Å². The maximum absolute atomic E-state index is 13.7. The molecule has 1 amide bonds. The van der Waals surface area contributed by atoms with E-state index in [1.54, 1.807) is 43.2 Å². The smallest absolute Gasteiger partial charge is 0.258 e. The number of hydrogen-bond donors (Lipinski definition) is 0. The highest BCUT2D eigenvalue weighted by Crippen LogP contribution is 2.28. The quantitative estimate of drug-likeness (QED) is 0.847. The van der Waals surface area contributed by atoms with Gasteiger partial charge in [-0.1, -0.05) is 6.07 Å². The molecule has 2 aromatic carbocycles. The van der Waals surface area contributed by atoms with Crippen molar-refractivity contribution in [3.63, 3.8) is 0 Å². The molecule has 0 aromatic heterocycles. The Hall–Kier alpha value is -2.36. The molecular weight excluding hydrogens is 269 g/mol. The molecule has 108 valence electrons. The maximum Gasteiger partial charge on any atom is 0.258 e. The molecule has 2 aromatic rings. The van der Waals surface area contributed by atoms with Gasteiger partial charge in [-0.25, -0.2) is 4.39 Å². The standard InChI is InChI=1S/C17H16FNO2/c1-11-3-4-13(10-16(11)18)19-8-7-12-9-14(21-2)5-6-15(12)17(19)20/h3-6,9-10H,7-8H2,1-2H3. The molecule has 0 unspecified atom stereocenters. The predicted octanol–water partition coefficient (Wildman–Crippen LogP) is 3.35. The number of fused-ring (bicyclic) bond motifs is 1. The van der Waals surface area contributed by atoms with Gasteiger partial charge in [0.1, 0.15) is 11.6 Å². The van der Waals surface area contributed by atoms with Crippen molar-refractivity contribution in [2.75, 3.05) is 18.6 Å². The number of nitrogens with zero attached hydrogens (tertiary/aromatic N) is 1. The van der Waals surface area contributed by atoms with Gasteiger partial charge in [-0.3, -0.25) is 4.79 Å². The Labute approximate surface area is 123 Å². The topological polar surface area (TPSA) is 29.5 Å². The van der Waals surface area contributed by atoms with Crippen LogP contribution in [0.5, 0.6) is 5.75 Å². The minimum absolute atomic E-state index is 0.0952. The normalized spacial score (nSPS) is 14.0. The van der Waals surface area contributed by atoms with E-state index < -0.39 is 0 Å². The van der Waals surface area contributed by atoms with Crippen LogP contribution in [0.15, 0.2) is 36.4 Å². The van der Waals surface area contributed by atoms with Crippen LogP contribution in [0.1, 0.15) is 21.5 Å². The molecule has 0 radical (unpaired) electrons. The first kappa shape index (κ1) is 13.6. The van der Waals surface area contributed by atoms with Crippen molar-refractivity contribution in [2.45, 2.75) is 13.3 Å². The third kappa shape index (κ3) is 2.37. The van der Waals surface area contributed by atoms with Gasteiger partial charge in [0.15, 0.2) is 0 Å². The van der Waals surface area contributed by atoms with Crippen molar-refractivity contribution in [3.8, 4) is 5.75 Å². The van der Waals surface area contributed by atoms with Crippen LogP contribution in [0.25, 0.3) is 0 Å². The van der Waals surface area contributed by atoms with Gasteiger partial charge in [0.25, 0.3) is 5.91 Å². The number of halogens is 1. The van der Waals surface area contributed by atoms with E-state index in [1.807, 2.05) is 6.07 Å². The van der Waals surface area contributed by atoms with Crippen LogP contribution < -0.4 is 9.64 Å². The van der Waals surface area contributed by atoms with Crippen molar-refractivity contribution < 1.29 is 13.9 Å². The first-order valence-corrected chi connectivity index (χ1v) is 6.85. The Bertz CT molecular complexity index is 712. The molecule has 3 nitrogen and oxygen atoms in total. The molecule has 0 fully saturated rings. The second-order valence-corrected chi connectivity index (χ2v) is 5.16. The molecule has 4 heteroatoms. The van der Waals surface area contributed by atoms with Crippen molar-refractivity contribution in [3.05, 3.63) is 58.9 Å². The Balaban J connectivity index is 1.96. The SMILES string of the molecule is COc1ccc2c(c1)CCN(c1ccc(C)c(F)c1)C2=O. The summed E-state index contributed by atoms with van der Waals surface area (Å²) >= 11 is 0. The second kappa shape index (κ2) is 5.20. The number of rotatable bonds is 2. The number of benzene rings is 2. The fourth-order valence-corrected chi connectivity index (χ4v) is 2.59. The number of aryl methyl sites for hydroxylation is 1. The number of methoxy groups -OCH3 is 1. The zero-order chi connectivity index (χ0) is 15.0. The Morgan fingerprint density at radius 3 is 2.71 bits per heavy atom. The number of amides is 1. The van der Waals surface area contributed by atoms with E-state index >= 15 is 0 Å². The highest BCUT2D eigenvalue weighted by atomic mass is 19.1. The zero-order valence-electron chi connectivity index (χ0n) is 12.0. The average Bonchev–Trinajstić information content (AvgIpc) is 2.50. The predicted molar refractivity (Wildman–Crippen MR) is 79.5 cm³/mol. The summed E-state index contributed by atoms with van der Waals surface area (Å²) in [5, 5.41) is 0. The molecule has 0 saturated carbocycles. The first-order chi connectivity index (χ1) is 10.1. The van der Waals surface area contributed by atoms with Crippen LogP contribution >= 0.6 is 0 Å². The number of carbonyl (C=O) groups excluding carboxylic acids is 1. The fraction of sp³-hybridized carbons (Fsp3) is 0.235. The van der Waals surface area contributed by atoms with E-state index in [4.69, 9.17) is 4.74 Å². The number of ether oxygens (including phenoxy) is 1. The summed E-state index contributed by atoms with van der Waals surface area (Å²) in [6, 6.07) is 10.3. The molecule has 0 spiro atoms. The lowest BCUT2D eigenvalue weighted by Gasteiger charge is -2.29. The lowest BCUT2D eigenvalue weighted by Crippen LogP contribution is -2.37. The summed E-state index contributed by atoms with van der Waals surface area (Å²) in [6.45, 7) is 2.25. The molecule has 1 aliphatic heterocycles. The molecule has 21 heavy (non-hydrogen) atoms. The van der Waals surface area contributed by atoms with E-state index in [9.17, 15) is 9.18 Å². The minimum atomic E-state index is -0.291. The first-order valence-electron chi connectivity index (χ1n) is 6.85. The molecule has 0 saturated heterocycles. The Morgan fingerprint density at radius 1 is 1.19 bits per heavy atom. The van der Waals surface area contributed by atoms with Gasteiger partial charge >= 0.3 is 0 Å². The molecule has 0 bridgehead atoms.